The predicted molar refractivity (Wildman–Crippen MR) is 159 cm³/mol. The molecule has 0 aliphatic rings. The van der Waals surface area contributed by atoms with Crippen LogP contribution in [0.1, 0.15) is 6.92 Å². The number of azo groups is 2. The first-order valence-electron chi connectivity index (χ1n) is 12.9. The maximum absolute atomic E-state index is 12.0. The van der Waals surface area contributed by atoms with Gasteiger partial charge in [-0.1, -0.05) is 30.3 Å². The van der Waals surface area contributed by atoms with Crippen LogP contribution in [0, 0.1) is 0 Å². The maximum atomic E-state index is 12.0. The quantitative estimate of drug-likeness (QED) is 0.130. The lowest BCUT2D eigenvalue weighted by molar-refractivity contribution is 0.340. The van der Waals surface area contributed by atoms with Crippen molar-refractivity contribution in [2.45, 2.75) is 16.7 Å². The number of ether oxygens (including phenoxy) is 1. The van der Waals surface area contributed by atoms with Gasteiger partial charge in [0, 0.05) is 5.39 Å². The van der Waals surface area contributed by atoms with E-state index in [0.717, 1.165) is 35.1 Å². The highest BCUT2D eigenvalue weighted by atomic mass is 32.2. The van der Waals surface area contributed by atoms with Gasteiger partial charge in [0.05, 0.1) is 33.5 Å². The zero-order valence-electron chi connectivity index (χ0n) is 22.9. The highest BCUT2D eigenvalue weighted by Crippen LogP contribution is 2.41. The van der Waals surface area contributed by atoms with Crippen LogP contribution in [0.2, 0.25) is 0 Å². The number of nitrogens with zero attached hydrogens (tertiary/aromatic N) is 4. The van der Waals surface area contributed by atoms with Crippen molar-refractivity contribution in [3.63, 3.8) is 0 Å². The van der Waals surface area contributed by atoms with Crippen molar-refractivity contribution < 1.29 is 35.8 Å². The fraction of sp³-hybridized carbons (Fsp3) is 0.0667. The summed E-state index contributed by atoms with van der Waals surface area (Å²) in [7, 11) is -10.4. The van der Waals surface area contributed by atoms with Gasteiger partial charge in [-0.15, -0.1) is 5.11 Å². The van der Waals surface area contributed by atoms with Crippen LogP contribution in [0.15, 0.2) is 127 Å². The number of rotatable bonds is 9. The van der Waals surface area contributed by atoms with Gasteiger partial charge in [-0.2, -0.15) is 15.3 Å². The molecule has 0 radical (unpaired) electrons. The van der Waals surface area contributed by atoms with Gasteiger partial charge in [0.15, 0.2) is 0 Å². The Balaban J connectivity index is 1.38. The molecule has 0 unspecified atom stereocenters. The molecule has 5 rings (SSSR count). The first kappa shape index (κ1) is 30.4. The van der Waals surface area contributed by atoms with E-state index in [-0.39, 0.29) is 16.5 Å². The highest BCUT2D eigenvalue weighted by molar-refractivity contribution is 7.86. The van der Waals surface area contributed by atoms with Gasteiger partial charge in [-0.05, 0) is 90.2 Å². The Morgan fingerprint density at radius 3 is 1.64 bits per heavy atom. The fourth-order valence-corrected chi connectivity index (χ4v) is 5.60. The van der Waals surface area contributed by atoms with Crippen LogP contribution in [0.5, 0.6) is 11.5 Å². The van der Waals surface area contributed by atoms with Crippen molar-refractivity contribution in [3.05, 3.63) is 97.1 Å². The number of fused-ring (bicyclic) bond motifs is 1. The summed E-state index contributed by atoms with van der Waals surface area (Å²) in [6.07, 6.45) is 0. The van der Waals surface area contributed by atoms with Crippen molar-refractivity contribution in [1.29, 1.82) is 0 Å². The third-order valence-electron chi connectivity index (χ3n) is 6.33. The second-order valence-corrected chi connectivity index (χ2v) is 12.0. The number of aromatic hydroxyl groups is 1. The third-order valence-corrected chi connectivity index (χ3v) is 8.00. The van der Waals surface area contributed by atoms with Crippen LogP contribution in [0.25, 0.3) is 21.9 Å². The van der Waals surface area contributed by atoms with Gasteiger partial charge in [-0.25, -0.2) is 16.8 Å². The van der Waals surface area contributed by atoms with Gasteiger partial charge in [-0.3, -0.25) is 0 Å². The molecule has 14 heteroatoms. The van der Waals surface area contributed by atoms with E-state index in [1.807, 2.05) is 55.5 Å². The van der Waals surface area contributed by atoms with Crippen molar-refractivity contribution in [1.82, 2.24) is 0 Å². The second kappa shape index (κ2) is 12.3. The molecule has 0 aliphatic carbocycles. The number of phenols is 1. The number of hydrogen-bond acceptors (Lipinski definition) is 12. The Kier molecular flexibility index (Phi) is 8.51. The molecule has 0 aliphatic heterocycles. The molecule has 0 fully saturated rings. The Labute approximate surface area is 252 Å². The lowest BCUT2D eigenvalue weighted by Crippen LogP contribution is -2.05. The molecule has 0 amide bonds. The van der Waals surface area contributed by atoms with Gasteiger partial charge in [0.1, 0.15) is 37.4 Å². The Morgan fingerprint density at radius 2 is 1.16 bits per heavy atom. The molecule has 224 valence electrons. The van der Waals surface area contributed by atoms with Crippen molar-refractivity contribution in [2.75, 3.05) is 6.61 Å². The van der Waals surface area contributed by atoms with Gasteiger partial charge < -0.3 is 18.9 Å². The second-order valence-electron chi connectivity index (χ2n) is 9.28. The van der Waals surface area contributed by atoms with Crippen LogP contribution >= 0.6 is 0 Å². The zero-order valence-corrected chi connectivity index (χ0v) is 24.5. The minimum Gasteiger partial charge on any atom is -0.744 e. The summed E-state index contributed by atoms with van der Waals surface area (Å²) in [6.45, 7) is 2.49. The van der Waals surface area contributed by atoms with Crippen LogP contribution in [-0.4, -0.2) is 37.7 Å². The Hall–Kier alpha value is -5.02. The van der Waals surface area contributed by atoms with Gasteiger partial charge >= 0.3 is 0 Å². The van der Waals surface area contributed by atoms with E-state index in [4.69, 9.17) is 4.74 Å². The molecule has 1 N–H and O–H groups in total. The molecular weight excluding hydrogens is 608 g/mol. The normalized spacial score (nSPS) is 12.3. The number of benzene rings is 5. The monoisotopic (exact) mass is 630 g/mol. The molecule has 12 nitrogen and oxygen atoms in total. The highest BCUT2D eigenvalue weighted by Gasteiger charge is 2.18. The largest absolute Gasteiger partial charge is 0.744 e. The standard InChI is InChI=1S/C30H24N4O8S2/c1-2-42-25-14-12-24(13-15-25)32-31-22-8-3-19(4-9-22)20-5-10-23(11-6-20)33-34-30-27(35)16-7-21-17-26(43(36,37)38)18-28(29(21)30)44(39,40)41/h3-18,35H,2H2,1H3,(H,36,37,38)(H,39,40,41)/p-2. The maximum Gasteiger partial charge on any atom is 0.143 e. The Bertz CT molecular complexity index is 2110. The molecule has 44 heavy (non-hydrogen) atoms. The van der Waals surface area contributed by atoms with Gasteiger partial charge in [0.25, 0.3) is 0 Å². The molecule has 0 aromatic heterocycles. The molecule has 0 bridgehead atoms. The summed E-state index contributed by atoms with van der Waals surface area (Å²) in [5.41, 5.74) is 3.02. The van der Waals surface area contributed by atoms with Crippen LogP contribution in [-0.2, 0) is 20.2 Å². The molecule has 0 spiro atoms. The molecular formula is C30H22N4O8S2-2. The fourth-order valence-electron chi connectivity index (χ4n) is 4.25. The van der Waals surface area contributed by atoms with Crippen LogP contribution in [0.4, 0.5) is 22.7 Å². The smallest absolute Gasteiger partial charge is 0.143 e. The predicted octanol–water partition coefficient (Wildman–Crippen LogP) is 7.25. The van der Waals surface area contributed by atoms with E-state index < -0.39 is 35.8 Å². The first-order valence-corrected chi connectivity index (χ1v) is 15.7. The molecule has 0 saturated carbocycles. The number of phenolic OH excluding ortho intramolecular Hbond substituents is 1. The van der Waals surface area contributed by atoms with Crippen LogP contribution in [0.3, 0.4) is 0 Å². The molecule has 5 aromatic rings. The lowest BCUT2D eigenvalue weighted by Gasteiger charge is -2.16. The molecule has 5 aromatic carbocycles. The molecule has 0 heterocycles. The summed E-state index contributed by atoms with van der Waals surface area (Å²) in [6, 6.07) is 25.1. The van der Waals surface area contributed by atoms with E-state index in [9.17, 15) is 31.0 Å². The summed E-state index contributed by atoms with van der Waals surface area (Å²) >= 11 is 0. The zero-order chi connectivity index (χ0) is 31.5. The van der Waals surface area contributed by atoms with Crippen molar-refractivity contribution in [2.24, 2.45) is 20.5 Å². The van der Waals surface area contributed by atoms with E-state index in [0.29, 0.717) is 29.7 Å². The van der Waals surface area contributed by atoms with Crippen molar-refractivity contribution >= 4 is 53.8 Å². The van der Waals surface area contributed by atoms with Crippen LogP contribution < -0.4 is 4.74 Å². The first-order chi connectivity index (χ1) is 20.9. The van der Waals surface area contributed by atoms with E-state index >= 15 is 0 Å². The van der Waals surface area contributed by atoms with Crippen molar-refractivity contribution in [3.8, 4) is 22.6 Å². The summed E-state index contributed by atoms with van der Waals surface area (Å²) < 4.78 is 75.9. The SMILES string of the molecule is CCOc1ccc(N=Nc2ccc(-c3ccc(N=Nc4c(O)ccc5cc(S(=O)(=O)[O-])cc(S(=O)(=O)[O-])c45)cc3)cc2)cc1. The summed E-state index contributed by atoms with van der Waals surface area (Å²) in [5.74, 6) is 0.244. The molecule has 0 saturated heterocycles. The minimum absolute atomic E-state index is 0.110. The lowest BCUT2D eigenvalue weighted by atomic mass is 10.1. The van der Waals surface area contributed by atoms with Gasteiger partial charge in [0.2, 0.25) is 0 Å². The Morgan fingerprint density at radius 1 is 0.659 bits per heavy atom. The minimum atomic E-state index is -5.28. The summed E-state index contributed by atoms with van der Waals surface area (Å²) in [4.78, 5) is -1.93. The number of hydrogen-bond donors (Lipinski definition) is 1. The van der Waals surface area contributed by atoms with E-state index in [1.54, 1.807) is 24.3 Å². The topological polar surface area (TPSA) is 193 Å². The van der Waals surface area contributed by atoms with E-state index in [2.05, 4.69) is 20.5 Å². The van der Waals surface area contributed by atoms with E-state index in [1.165, 1.54) is 0 Å². The average Bonchev–Trinajstić information content (AvgIpc) is 2.99. The average molecular weight is 631 g/mol. The molecule has 0 atom stereocenters. The summed E-state index contributed by atoms with van der Waals surface area (Å²) in [5, 5.41) is 26.4. The third kappa shape index (κ3) is 6.95.